The first-order valence-corrected chi connectivity index (χ1v) is 10.1. The van der Waals surface area contributed by atoms with Gasteiger partial charge in [-0.05, 0) is 5.56 Å². The highest BCUT2D eigenvalue weighted by Gasteiger charge is 2.41. The first kappa shape index (κ1) is 19.1. The summed E-state index contributed by atoms with van der Waals surface area (Å²) in [6.45, 7) is 8.63. The molecule has 2 aliphatic rings. The van der Waals surface area contributed by atoms with Crippen molar-refractivity contribution in [3.63, 3.8) is 0 Å². The minimum atomic E-state index is 0.194. The Morgan fingerprint density at radius 3 is 2.61 bits per heavy atom. The molecule has 0 radical (unpaired) electrons. The molecule has 0 aliphatic carbocycles. The van der Waals surface area contributed by atoms with Crippen LogP contribution in [0, 0.1) is 0 Å². The minimum absolute atomic E-state index is 0.194. The Bertz CT molecular complexity index is 770. The van der Waals surface area contributed by atoms with Gasteiger partial charge in [-0.2, -0.15) is 15.0 Å². The lowest BCUT2D eigenvalue weighted by Gasteiger charge is -2.36. The predicted molar refractivity (Wildman–Crippen MR) is 111 cm³/mol. The second kappa shape index (κ2) is 8.01. The molecule has 2 unspecified atom stereocenters. The van der Waals surface area contributed by atoms with Gasteiger partial charge in [0.05, 0.1) is 18.8 Å². The van der Waals surface area contributed by atoms with Crippen molar-refractivity contribution in [3.8, 4) is 0 Å². The van der Waals surface area contributed by atoms with Crippen LogP contribution in [0.15, 0.2) is 30.3 Å². The molecule has 2 fully saturated rings. The molecule has 0 saturated carbocycles. The SMILES string of the molecule is CC(C)c1nc(N(C)C)nc(N2CC3OCCN(Cc4ccccc4)C3C2)n1. The summed E-state index contributed by atoms with van der Waals surface area (Å²) in [4.78, 5) is 20.8. The zero-order valence-corrected chi connectivity index (χ0v) is 17.2. The van der Waals surface area contributed by atoms with Gasteiger partial charge in [-0.25, -0.2) is 0 Å². The van der Waals surface area contributed by atoms with Crippen molar-refractivity contribution in [1.82, 2.24) is 19.9 Å². The summed E-state index contributed by atoms with van der Waals surface area (Å²) in [5.41, 5.74) is 1.35. The van der Waals surface area contributed by atoms with E-state index in [4.69, 9.17) is 14.7 Å². The third-order valence-corrected chi connectivity index (χ3v) is 5.47. The van der Waals surface area contributed by atoms with E-state index < -0.39 is 0 Å². The van der Waals surface area contributed by atoms with E-state index >= 15 is 0 Å². The van der Waals surface area contributed by atoms with Gasteiger partial charge in [0.1, 0.15) is 5.82 Å². The van der Waals surface area contributed by atoms with Crippen LogP contribution in [0.4, 0.5) is 11.9 Å². The quantitative estimate of drug-likeness (QED) is 0.785. The van der Waals surface area contributed by atoms with E-state index in [-0.39, 0.29) is 12.0 Å². The summed E-state index contributed by atoms with van der Waals surface area (Å²) in [6.07, 6.45) is 0.194. The number of ether oxygens (including phenoxy) is 1. The summed E-state index contributed by atoms with van der Waals surface area (Å²) >= 11 is 0. The van der Waals surface area contributed by atoms with Crippen molar-refractivity contribution in [1.29, 1.82) is 0 Å². The summed E-state index contributed by atoms with van der Waals surface area (Å²) in [5, 5.41) is 0. The molecule has 28 heavy (non-hydrogen) atoms. The van der Waals surface area contributed by atoms with E-state index in [2.05, 4.69) is 59.0 Å². The highest BCUT2D eigenvalue weighted by Crippen LogP contribution is 2.28. The molecule has 1 aromatic carbocycles. The molecule has 4 rings (SSSR count). The summed E-state index contributed by atoms with van der Waals surface area (Å²) in [6, 6.07) is 11.0. The Balaban J connectivity index is 1.55. The van der Waals surface area contributed by atoms with Gasteiger partial charge in [0, 0.05) is 46.2 Å². The van der Waals surface area contributed by atoms with Gasteiger partial charge in [0.2, 0.25) is 11.9 Å². The van der Waals surface area contributed by atoms with Gasteiger partial charge in [-0.1, -0.05) is 44.2 Å². The lowest BCUT2D eigenvalue weighted by atomic mass is 10.1. The van der Waals surface area contributed by atoms with Gasteiger partial charge in [0.25, 0.3) is 0 Å². The van der Waals surface area contributed by atoms with E-state index in [0.717, 1.165) is 44.6 Å². The molecule has 150 valence electrons. The third-order valence-electron chi connectivity index (χ3n) is 5.47. The number of nitrogens with zero attached hydrogens (tertiary/aromatic N) is 6. The van der Waals surface area contributed by atoms with Crippen molar-refractivity contribution < 1.29 is 4.74 Å². The maximum Gasteiger partial charge on any atom is 0.230 e. The molecule has 2 atom stereocenters. The number of hydrogen-bond acceptors (Lipinski definition) is 7. The molecule has 0 amide bonds. The zero-order chi connectivity index (χ0) is 19.7. The van der Waals surface area contributed by atoms with E-state index in [0.29, 0.717) is 12.0 Å². The molecular weight excluding hydrogens is 352 g/mol. The number of morpholine rings is 1. The molecule has 1 aromatic heterocycles. The highest BCUT2D eigenvalue weighted by atomic mass is 16.5. The first-order valence-electron chi connectivity index (χ1n) is 10.1. The Kier molecular flexibility index (Phi) is 5.46. The number of benzene rings is 1. The van der Waals surface area contributed by atoms with Crippen molar-refractivity contribution in [2.75, 3.05) is 50.1 Å². The smallest absolute Gasteiger partial charge is 0.230 e. The van der Waals surface area contributed by atoms with Crippen LogP contribution in [-0.2, 0) is 11.3 Å². The molecule has 2 aliphatic heterocycles. The van der Waals surface area contributed by atoms with Gasteiger partial charge >= 0.3 is 0 Å². The van der Waals surface area contributed by atoms with Crippen molar-refractivity contribution in [3.05, 3.63) is 41.7 Å². The van der Waals surface area contributed by atoms with Crippen molar-refractivity contribution in [2.45, 2.75) is 38.5 Å². The van der Waals surface area contributed by atoms with Crippen LogP contribution < -0.4 is 9.80 Å². The van der Waals surface area contributed by atoms with E-state index in [1.807, 2.05) is 19.0 Å². The van der Waals surface area contributed by atoms with Crippen LogP contribution in [0.5, 0.6) is 0 Å². The third kappa shape index (κ3) is 3.95. The van der Waals surface area contributed by atoms with Gasteiger partial charge in [-0.3, -0.25) is 4.90 Å². The lowest BCUT2D eigenvalue weighted by molar-refractivity contribution is -0.0499. The molecule has 7 heteroatoms. The Morgan fingerprint density at radius 2 is 1.89 bits per heavy atom. The van der Waals surface area contributed by atoms with E-state index in [9.17, 15) is 0 Å². The van der Waals surface area contributed by atoms with Crippen molar-refractivity contribution >= 4 is 11.9 Å². The number of hydrogen-bond donors (Lipinski definition) is 0. The Hall–Kier alpha value is -2.25. The Morgan fingerprint density at radius 1 is 1.11 bits per heavy atom. The fourth-order valence-corrected chi connectivity index (χ4v) is 3.90. The van der Waals surface area contributed by atoms with Crippen LogP contribution in [-0.4, -0.2) is 72.3 Å². The van der Waals surface area contributed by atoms with Crippen molar-refractivity contribution in [2.24, 2.45) is 0 Å². The second-order valence-corrected chi connectivity index (χ2v) is 8.18. The number of fused-ring (bicyclic) bond motifs is 1. The fourth-order valence-electron chi connectivity index (χ4n) is 3.90. The zero-order valence-electron chi connectivity index (χ0n) is 17.2. The molecule has 2 saturated heterocycles. The molecule has 0 N–H and O–H groups in total. The first-order chi connectivity index (χ1) is 13.5. The monoisotopic (exact) mass is 382 g/mol. The van der Waals surface area contributed by atoms with Crippen LogP contribution in [0.3, 0.4) is 0 Å². The Labute approximate surface area is 167 Å². The standard InChI is InChI=1S/C21H30N6O/c1-15(2)19-22-20(25(3)4)24-21(23-19)27-13-17-18(14-27)28-11-10-26(17)12-16-8-6-5-7-9-16/h5-9,15,17-18H,10-14H2,1-4H3. The molecule has 0 spiro atoms. The maximum atomic E-state index is 6.11. The average molecular weight is 383 g/mol. The van der Waals surface area contributed by atoms with Gasteiger partial charge in [-0.15, -0.1) is 0 Å². The average Bonchev–Trinajstić information content (AvgIpc) is 3.14. The summed E-state index contributed by atoms with van der Waals surface area (Å²) in [7, 11) is 3.94. The predicted octanol–water partition coefficient (Wildman–Crippen LogP) is 2.15. The van der Waals surface area contributed by atoms with Gasteiger partial charge < -0.3 is 14.5 Å². The number of rotatable bonds is 5. The molecule has 3 heterocycles. The largest absolute Gasteiger partial charge is 0.373 e. The van der Waals surface area contributed by atoms with Crippen LogP contribution in [0.1, 0.15) is 31.2 Å². The van der Waals surface area contributed by atoms with Gasteiger partial charge in [0.15, 0.2) is 0 Å². The molecule has 7 nitrogen and oxygen atoms in total. The fraction of sp³-hybridized carbons (Fsp3) is 0.571. The normalized spacial score (nSPS) is 22.5. The highest BCUT2D eigenvalue weighted by molar-refractivity contribution is 5.40. The molecular formula is C21H30N6O. The van der Waals surface area contributed by atoms with E-state index in [1.54, 1.807) is 0 Å². The lowest BCUT2D eigenvalue weighted by Crippen LogP contribution is -2.50. The summed E-state index contributed by atoms with van der Waals surface area (Å²) in [5.74, 6) is 2.58. The second-order valence-electron chi connectivity index (χ2n) is 8.18. The molecule has 0 bridgehead atoms. The van der Waals surface area contributed by atoms with Crippen LogP contribution >= 0.6 is 0 Å². The minimum Gasteiger partial charge on any atom is -0.373 e. The maximum absolute atomic E-state index is 6.11. The number of aromatic nitrogens is 3. The van der Waals surface area contributed by atoms with E-state index in [1.165, 1.54) is 5.56 Å². The van der Waals surface area contributed by atoms with Crippen LogP contribution in [0.2, 0.25) is 0 Å². The number of anilines is 2. The summed E-state index contributed by atoms with van der Waals surface area (Å²) < 4.78 is 6.11. The topological polar surface area (TPSA) is 57.6 Å². The van der Waals surface area contributed by atoms with Crippen LogP contribution in [0.25, 0.3) is 0 Å². The molecule has 2 aromatic rings.